The number of rotatable bonds is 8. The molecule has 0 unspecified atom stereocenters. The van der Waals surface area contributed by atoms with Gasteiger partial charge >= 0.3 is 0 Å². The molecule has 0 heterocycles. The summed E-state index contributed by atoms with van der Waals surface area (Å²) in [5, 5.41) is 0. The highest BCUT2D eigenvalue weighted by atomic mass is 35.5. The van der Waals surface area contributed by atoms with E-state index in [1.54, 1.807) is 0 Å². The Morgan fingerprint density at radius 1 is 0.433 bits per heavy atom. The minimum Gasteiger partial charge on any atom is -0.127 e. The van der Waals surface area contributed by atoms with Gasteiger partial charge in [-0.15, -0.1) is 46.4 Å². The molecule has 1 aromatic carbocycles. The van der Waals surface area contributed by atoms with Crippen LogP contribution in [-0.4, -0.2) is 23.5 Å². The average Bonchev–Trinajstić information content (AvgIpc) is 2.76. The van der Waals surface area contributed by atoms with Crippen LogP contribution in [0.15, 0.2) is 12.1 Å². The number of benzene rings is 1. The quantitative estimate of drug-likeness (QED) is 0.210. The van der Waals surface area contributed by atoms with Crippen LogP contribution in [-0.2, 0) is 0 Å². The van der Waals surface area contributed by atoms with Crippen molar-refractivity contribution >= 4 is 46.4 Å². The van der Waals surface area contributed by atoms with Crippen LogP contribution in [0.5, 0.6) is 0 Å². The minimum absolute atomic E-state index is 0.605. The van der Waals surface area contributed by atoms with Gasteiger partial charge in [0.25, 0.3) is 0 Å². The van der Waals surface area contributed by atoms with Crippen molar-refractivity contribution in [3.05, 3.63) is 34.4 Å². The summed E-state index contributed by atoms with van der Waals surface area (Å²) < 4.78 is 0. The first-order valence-electron chi connectivity index (χ1n) is 10.1. The van der Waals surface area contributed by atoms with Gasteiger partial charge in [0.1, 0.15) is 0 Å². The van der Waals surface area contributed by atoms with E-state index < -0.39 is 0 Å². The summed E-state index contributed by atoms with van der Waals surface area (Å²) >= 11 is 23.0. The van der Waals surface area contributed by atoms with Gasteiger partial charge in [-0.25, -0.2) is 0 Å². The lowest BCUT2D eigenvalue weighted by atomic mass is 9.98. The van der Waals surface area contributed by atoms with E-state index in [-0.39, 0.29) is 0 Å². The SMILES string of the molecule is ClCCCC#Cc1cc(C#CCCCCl)c(C#CCCCCl)cc1C#CCCCCl. The van der Waals surface area contributed by atoms with E-state index >= 15 is 0 Å². The summed E-state index contributed by atoms with van der Waals surface area (Å²) in [6, 6.07) is 4.00. The highest BCUT2D eigenvalue weighted by Gasteiger charge is 2.05. The maximum atomic E-state index is 5.76. The van der Waals surface area contributed by atoms with Crippen molar-refractivity contribution in [1.29, 1.82) is 0 Å². The number of hydrogen-bond acceptors (Lipinski definition) is 0. The molecule has 0 nitrogen and oxygen atoms in total. The fourth-order valence-electron chi connectivity index (χ4n) is 2.27. The second kappa shape index (κ2) is 18.4. The number of halogens is 4. The Morgan fingerprint density at radius 3 is 0.867 bits per heavy atom. The predicted molar refractivity (Wildman–Crippen MR) is 134 cm³/mol. The Labute approximate surface area is 202 Å². The first kappa shape index (κ1) is 26.7. The van der Waals surface area contributed by atoms with E-state index in [0.717, 1.165) is 73.6 Å². The predicted octanol–water partition coefficient (Wildman–Crippen LogP) is 7.17. The molecular formula is C26H26Cl4. The maximum absolute atomic E-state index is 5.76. The summed E-state index contributed by atoms with van der Waals surface area (Å²) in [7, 11) is 0. The Hall–Kier alpha value is -1.38. The lowest BCUT2D eigenvalue weighted by molar-refractivity contribution is 0.990. The van der Waals surface area contributed by atoms with Gasteiger partial charge in [0, 0.05) is 71.5 Å². The molecule has 0 aliphatic heterocycles. The van der Waals surface area contributed by atoms with Crippen LogP contribution in [0, 0.1) is 47.4 Å². The fraction of sp³-hybridized carbons (Fsp3) is 0.462. The highest BCUT2D eigenvalue weighted by Crippen LogP contribution is 2.16. The van der Waals surface area contributed by atoms with Gasteiger partial charge in [0.2, 0.25) is 0 Å². The van der Waals surface area contributed by atoms with E-state index in [1.807, 2.05) is 12.1 Å². The van der Waals surface area contributed by atoms with Gasteiger partial charge in [0.05, 0.1) is 0 Å². The molecular weight excluding hydrogens is 454 g/mol. The number of hydrogen-bond donors (Lipinski definition) is 0. The summed E-state index contributed by atoms with van der Waals surface area (Å²) in [5.41, 5.74) is 3.48. The second-order valence-electron chi connectivity index (χ2n) is 6.32. The zero-order chi connectivity index (χ0) is 21.9. The summed E-state index contributed by atoms with van der Waals surface area (Å²) in [5.74, 6) is 28.1. The van der Waals surface area contributed by atoms with E-state index in [0.29, 0.717) is 23.5 Å². The van der Waals surface area contributed by atoms with Crippen molar-refractivity contribution in [3.63, 3.8) is 0 Å². The molecule has 158 valence electrons. The molecule has 30 heavy (non-hydrogen) atoms. The van der Waals surface area contributed by atoms with Crippen LogP contribution in [0.25, 0.3) is 0 Å². The van der Waals surface area contributed by atoms with E-state index in [2.05, 4.69) is 47.4 Å². The van der Waals surface area contributed by atoms with Crippen molar-refractivity contribution in [2.45, 2.75) is 51.4 Å². The second-order valence-corrected chi connectivity index (χ2v) is 7.83. The van der Waals surface area contributed by atoms with Gasteiger partial charge in [-0.2, -0.15) is 0 Å². The molecule has 1 aromatic rings. The third-order valence-electron chi connectivity index (χ3n) is 3.79. The molecule has 0 spiro atoms. The van der Waals surface area contributed by atoms with Crippen LogP contribution in [0.4, 0.5) is 0 Å². The molecule has 0 amide bonds. The lowest BCUT2D eigenvalue weighted by Gasteiger charge is -2.03. The molecule has 0 N–H and O–H groups in total. The van der Waals surface area contributed by atoms with E-state index in [9.17, 15) is 0 Å². The Kier molecular flexibility index (Phi) is 16.3. The van der Waals surface area contributed by atoms with Crippen molar-refractivity contribution in [3.8, 4) is 47.4 Å². The number of unbranched alkanes of at least 4 members (excludes halogenated alkanes) is 4. The van der Waals surface area contributed by atoms with Crippen LogP contribution in [0.3, 0.4) is 0 Å². The van der Waals surface area contributed by atoms with Crippen molar-refractivity contribution in [2.24, 2.45) is 0 Å². The molecule has 0 fully saturated rings. The van der Waals surface area contributed by atoms with Crippen molar-refractivity contribution in [1.82, 2.24) is 0 Å². The first-order valence-corrected chi connectivity index (χ1v) is 12.3. The minimum atomic E-state index is 0.605. The lowest BCUT2D eigenvalue weighted by Crippen LogP contribution is -1.93. The van der Waals surface area contributed by atoms with Crippen LogP contribution < -0.4 is 0 Å². The zero-order valence-corrected chi connectivity index (χ0v) is 20.2. The van der Waals surface area contributed by atoms with E-state index in [4.69, 9.17) is 46.4 Å². The molecule has 0 aliphatic carbocycles. The van der Waals surface area contributed by atoms with Gasteiger partial charge in [-0.05, 0) is 37.8 Å². The molecule has 0 saturated heterocycles. The van der Waals surface area contributed by atoms with Crippen LogP contribution >= 0.6 is 46.4 Å². The molecule has 0 saturated carbocycles. The zero-order valence-electron chi connectivity index (χ0n) is 17.2. The summed E-state index contributed by atoms with van der Waals surface area (Å²) in [6.07, 6.45) is 6.44. The Morgan fingerprint density at radius 2 is 0.667 bits per heavy atom. The van der Waals surface area contributed by atoms with Gasteiger partial charge < -0.3 is 0 Å². The maximum Gasteiger partial charge on any atom is 0.0415 e. The normalized spacial score (nSPS) is 9.20. The molecule has 0 aromatic heterocycles. The van der Waals surface area contributed by atoms with Crippen molar-refractivity contribution in [2.75, 3.05) is 23.5 Å². The monoisotopic (exact) mass is 478 g/mol. The third kappa shape index (κ3) is 11.7. The molecule has 0 bridgehead atoms. The molecule has 4 heteroatoms. The Balaban J connectivity index is 3.37. The molecule has 0 radical (unpaired) electrons. The average molecular weight is 480 g/mol. The molecule has 1 rings (SSSR count). The van der Waals surface area contributed by atoms with E-state index in [1.165, 1.54) is 0 Å². The van der Waals surface area contributed by atoms with Gasteiger partial charge in [-0.1, -0.05) is 47.4 Å². The van der Waals surface area contributed by atoms with Crippen molar-refractivity contribution < 1.29 is 0 Å². The van der Waals surface area contributed by atoms with Crippen LogP contribution in [0.2, 0.25) is 0 Å². The smallest absolute Gasteiger partial charge is 0.0415 e. The number of alkyl halides is 4. The van der Waals surface area contributed by atoms with Crippen LogP contribution in [0.1, 0.15) is 73.6 Å². The third-order valence-corrected chi connectivity index (χ3v) is 4.86. The molecule has 0 aliphatic rings. The molecule has 0 atom stereocenters. The summed E-state index contributed by atoms with van der Waals surface area (Å²) in [4.78, 5) is 0. The van der Waals surface area contributed by atoms with Gasteiger partial charge in [-0.3, -0.25) is 0 Å². The standard InChI is InChI=1S/C26H26Cl4/c27-17-9-1-5-13-23-21-25(15-7-3-11-19-29)26(16-8-4-12-20-30)22-24(23)14-6-2-10-18-28/h21-22H,1-4,9-12,17-20H2. The Bertz CT molecular complexity index is 740. The topological polar surface area (TPSA) is 0 Å². The summed E-state index contributed by atoms with van der Waals surface area (Å²) in [6.45, 7) is 0. The van der Waals surface area contributed by atoms with Gasteiger partial charge in [0.15, 0.2) is 0 Å². The largest absolute Gasteiger partial charge is 0.127 e. The highest BCUT2D eigenvalue weighted by molar-refractivity contribution is 6.18. The first-order chi connectivity index (χ1) is 14.8. The fourth-order valence-corrected chi connectivity index (χ4v) is 2.80.